The van der Waals surface area contributed by atoms with Gasteiger partial charge in [-0.25, -0.2) is 0 Å². The van der Waals surface area contributed by atoms with Crippen molar-refractivity contribution in [1.82, 2.24) is 0 Å². The number of carbonyl (C=O) groups is 2. The van der Waals surface area contributed by atoms with E-state index in [-0.39, 0.29) is 0 Å². The predicted octanol–water partition coefficient (Wildman–Crippen LogP) is 3.98. The van der Waals surface area contributed by atoms with E-state index in [0.717, 1.165) is 19.3 Å². The fraction of sp³-hybridized carbons (Fsp3) is 0.882. The number of nitrogens with two attached hydrogens (primary N) is 1. The number of carboxylic acid groups (broad SMARTS) is 1. The van der Waals surface area contributed by atoms with Gasteiger partial charge in [0.2, 0.25) is 5.91 Å². The van der Waals surface area contributed by atoms with Crippen molar-refractivity contribution in [3.63, 3.8) is 0 Å². The largest absolute Gasteiger partial charge is 0.481 e. The van der Waals surface area contributed by atoms with Crippen LogP contribution < -0.4 is 5.73 Å². The van der Waals surface area contributed by atoms with E-state index in [2.05, 4.69) is 6.92 Å². The Bertz CT molecular complexity index is 346. The molecular weight excluding hydrogens is 266 g/mol. The van der Waals surface area contributed by atoms with Gasteiger partial charge in [-0.3, -0.25) is 9.59 Å². The van der Waals surface area contributed by atoms with Gasteiger partial charge in [0.1, 0.15) is 0 Å². The van der Waals surface area contributed by atoms with Crippen molar-refractivity contribution in [2.24, 2.45) is 22.5 Å². The quantitative estimate of drug-likeness (QED) is 0.599. The molecule has 0 spiro atoms. The molecule has 124 valence electrons. The van der Waals surface area contributed by atoms with Crippen molar-refractivity contribution in [1.29, 1.82) is 0 Å². The lowest BCUT2D eigenvalue weighted by molar-refractivity contribution is -0.159. The molecule has 0 fully saturated rings. The summed E-state index contributed by atoms with van der Waals surface area (Å²) >= 11 is 0. The van der Waals surface area contributed by atoms with Crippen molar-refractivity contribution in [3.8, 4) is 0 Å². The van der Waals surface area contributed by atoms with Crippen LogP contribution in [0, 0.1) is 16.7 Å². The molecule has 0 heterocycles. The van der Waals surface area contributed by atoms with Gasteiger partial charge >= 0.3 is 5.97 Å². The van der Waals surface area contributed by atoms with E-state index >= 15 is 0 Å². The molecule has 0 aromatic carbocycles. The number of hydrogen-bond donors (Lipinski definition) is 2. The van der Waals surface area contributed by atoms with Gasteiger partial charge in [-0.2, -0.15) is 0 Å². The van der Waals surface area contributed by atoms with Crippen molar-refractivity contribution < 1.29 is 14.7 Å². The van der Waals surface area contributed by atoms with Crippen molar-refractivity contribution in [2.45, 2.75) is 79.6 Å². The van der Waals surface area contributed by atoms with Crippen LogP contribution in [0.3, 0.4) is 0 Å². The average molecular weight is 299 g/mol. The minimum atomic E-state index is -0.996. The number of carbonyl (C=O) groups excluding carboxylic acids is 1. The highest BCUT2D eigenvalue weighted by atomic mass is 16.4. The summed E-state index contributed by atoms with van der Waals surface area (Å²) in [4.78, 5) is 23.6. The highest BCUT2D eigenvalue weighted by Crippen LogP contribution is 2.48. The van der Waals surface area contributed by atoms with E-state index in [1.807, 2.05) is 20.8 Å². The second-order valence-corrected chi connectivity index (χ2v) is 7.16. The normalized spacial score (nSPS) is 16.2. The van der Waals surface area contributed by atoms with Crippen molar-refractivity contribution in [2.75, 3.05) is 0 Å². The number of primary amides is 1. The van der Waals surface area contributed by atoms with Gasteiger partial charge in [-0.15, -0.1) is 0 Å². The molecule has 0 saturated heterocycles. The summed E-state index contributed by atoms with van der Waals surface area (Å²) in [6, 6.07) is 0. The monoisotopic (exact) mass is 299 g/mol. The van der Waals surface area contributed by atoms with Gasteiger partial charge in [0.05, 0.1) is 11.3 Å². The Morgan fingerprint density at radius 3 is 1.90 bits per heavy atom. The number of rotatable bonds is 10. The number of unbranched alkanes of at least 4 members (excludes halogenated alkanes) is 5. The highest BCUT2D eigenvalue weighted by molar-refractivity contribution is 5.87. The van der Waals surface area contributed by atoms with E-state index in [9.17, 15) is 14.7 Å². The van der Waals surface area contributed by atoms with E-state index in [1.54, 1.807) is 6.92 Å². The molecular formula is C17H33NO3. The Labute approximate surface area is 129 Å². The smallest absolute Gasteiger partial charge is 0.307 e. The predicted molar refractivity (Wildman–Crippen MR) is 85.9 cm³/mol. The zero-order valence-corrected chi connectivity index (χ0v) is 14.4. The number of hydrogen-bond acceptors (Lipinski definition) is 2. The summed E-state index contributed by atoms with van der Waals surface area (Å²) in [7, 11) is 0. The summed E-state index contributed by atoms with van der Waals surface area (Å²) in [5, 5.41) is 9.39. The van der Waals surface area contributed by atoms with Crippen LogP contribution in [0.5, 0.6) is 0 Å². The van der Waals surface area contributed by atoms with Gasteiger partial charge < -0.3 is 10.8 Å². The first kappa shape index (κ1) is 19.9. The van der Waals surface area contributed by atoms with E-state index in [1.165, 1.54) is 19.3 Å². The second-order valence-electron chi connectivity index (χ2n) is 7.16. The van der Waals surface area contributed by atoms with Gasteiger partial charge in [-0.1, -0.05) is 73.1 Å². The van der Waals surface area contributed by atoms with Gasteiger partial charge in [0.25, 0.3) is 0 Å². The first-order valence-electron chi connectivity index (χ1n) is 8.14. The molecule has 0 aliphatic rings. The minimum absolute atomic E-state index is 0.472. The molecule has 0 bridgehead atoms. The first-order valence-corrected chi connectivity index (χ1v) is 8.14. The molecule has 1 amide bonds. The standard InChI is InChI=1S/C17H33NO3/c1-6-7-8-9-10-11-12-17(15(18)21,16(3,4)5)13(2)14(19)20/h13H,6-12H2,1-5H3,(H2,18,21)(H,19,20)/t13?,17-/m1/s1. The Balaban J connectivity index is 4.97. The molecule has 3 N–H and O–H groups in total. The summed E-state index contributed by atoms with van der Waals surface area (Å²) in [5.41, 5.74) is 4.19. The maximum absolute atomic E-state index is 12.1. The lowest BCUT2D eigenvalue weighted by Gasteiger charge is -2.45. The maximum atomic E-state index is 12.1. The molecule has 0 aliphatic heterocycles. The average Bonchev–Trinajstić information content (AvgIpc) is 2.35. The molecule has 0 rings (SSSR count). The number of aliphatic carboxylic acids is 1. The molecule has 0 aliphatic carbocycles. The second kappa shape index (κ2) is 8.40. The van der Waals surface area contributed by atoms with Crippen LogP contribution in [0.15, 0.2) is 0 Å². The van der Waals surface area contributed by atoms with E-state index in [4.69, 9.17) is 5.73 Å². The van der Waals surface area contributed by atoms with Crippen LogP contribution in [0.25, 0.3) is 0 Å². The molecule has 0 radical (unpaired) electrons. The Hall–Kier alpha value is -1.06. The topological polar surface area (TPSA) is 80.4 Å². The van der Waals surface area contributed by atoms with Gasteiger partial charge in [0.15, 0.2) is 0 Å². The third kappa shape index (κ3) is 5.01. The Morgan fingerprint density at radius 2 is 1.52 bits per heavy atom. The van der Waals surface area contributed by atoms with Crippen LogP contribution in [0.2, 0.25) is 0 Å². The SMILES string of the molecule is CCCCCCCC[C@](C(N)=O)(C(C)C(=O)O)C(C)(C)C. The lowest BCUT2D eigenvalue weighted by atomic mass is 9.57. The Morgan fingerprint density at radius 1 is 1.05 bits per heavy atom. The highest BCUT2D eigenvalue weighted by Gasteiger charge is 2.53. The van der Waals surface area contributed by atoms with Gasteiger partial charge in [-0.05, 0) is 11.8 Å². The third-order valence-electron chi connectivity index (χ3n) is 4.81. The molecule has 2 atom stereocenters. The first-order chi connectivity index (χ1) is 9.61. The summed E-state index contributed by atoms with van der Waals surface area (Å²) in [6.07, 6.45) is 7.18. The maximum Gasteiger partial charge on any atom is 0.307 e. The molecule has 4 nitrogen and oxygen atoms in total. The van der Waals surface area contributed by atoms with Crippen LogP contribution >= 0.6 is 0 Å². The zero-order chi connectivity index (χ0) is 16.7. The molecule has 0 aromatic rings. The van der Waals surface area contributed by atoms with Crippen LogP contribution in [0.4, 0.5) is 0 Å². The fourth-order valence-corrected chi connectivity index (χ4v) is 3.34. The Kier molecular flexibility index (Phi) is 7.98. The summed E-state index contributed by atoms with van der Waals surface area (Å²) in [5.74, 6) is -2.21. The third-order valence-corrected chi connectivity index (χ3v) is 4.81. The minimum Gasteiger partial charge on any atom is -0.481 e. The summed E-state index contributed by atoms with van der Waals surface area (Å²) < 4.78 is 0. The van der Waals surface area contributed by atoms with Crippen LogP contribution in [0.1, 0.15) is 79.6 Å². The van der Waals surface area contributed by atoms with Crippen LogP contribution in [-0.4, -0.2) is 17.0 Å². The number of carboxylic acids is 1. The lowest BCUT2D eigenvalue weighted by Crippen LogP contribution is -2.53. The molecule has 21 heavy (non-hydrogen) atoms. The van der Waals surface area contributed by atoms with E-state index in [0.29, 0.717) is 6.42 Å². The van der Waals surface area contributed by atoms with Crippen molar-refractivity contribution >= 4 is 11.9 Å². The zero-order valence-electron chi connectivity index (χ0n) is 14.4. The van der Waals surface area contributed by atoms with Crippen molar-refractivity contribution in [3.05, 3.63) is 0 Å². The molecule has 0 aromatic heterocycles. The molecule has 4 heteroatoms. The number of amides is 1. The summed E-state index contributed by atoms with van der Waals surface area (Å²) in [6.45, 7) is 9.51. The molecule has 0 saturated carbocycles. The van der Waals surface area contributed by atoms with Crippen LogP contribution in [-0.2, 0) is 9.59 Å². The van der Waals surface area contributed by atoms with E-state index < -0.39 is 28.6 Å². The fourth-order valence-electron chi connectivity index (χ4n) is 3.34. The molecule has 1 unspecified atom stereocenters. The van der Waals surface area contributed by atoms with Gasteiger partial charge in [0, 0.05) is 0 Å².